The van der Waals surface area contributed by atoms with E-state index >= 15 is 0 Å². The van der Waals surface area contributed by atoms with Crippen molar-refractivity contribution in [2.75, 3.05) is 6.54 Å². The van der Waals surface area contributed by atoms with Crippen LogP contribution in [0.15, 0.2) is 5.38 Å². The third kappa shape index (κ3) is 1.51. The van der Waals surface area contributed by atoms with E-state index in [1.54, 1.807) is 11.3 Å². The maximum Gasteiger partial charge on any atom is 0.0926 e. The molecule has 72 valence electrons. The standard InChI is InChI=1S/C10H16N2S/c1-4-8-12-7(5-13-8)9-10(2,3)6-11-9/h5,9,11H,4,6H2,1-3H3. The Labute approximate surface area is 83.4 Å². The number of rotatable bonds is 2. The van der Waals surface area contributed by atoms with E-state index in [0.29, 0.717) is 11.5 Å². The number of hydrogen-bond acceptors (Lipinski definition) is 3. The Hall–Kier alpha value is -0.410. The smallest absolute Gasteiger partial charge is 0.0926 e. The fraction of sp³-hybridized carbons (Fsp3) is 0.700. The van der Waals surface area contributed by atoms with E-state index in [4.69, 9.17) is 0 Å². The van der Waals surface area contributed by atoms with E-state index in [2.05, 4.69) is 36.5 Å². The van der Waals surface area contributed by atoms with Crippen molar-refractivity contribution in [3.05, 3.63) is 16.1 Å². The molecule has 2 nitrogen and oxygen atoms in total. The Balaban J connectivity index is 2.17. The minimum Gasteiger partial charge on any atom is -0.308 e. The average molecular weight is 196 g/mol. The van der Waals surface area contributed by atoms with E-state index < -0.39 is 0 Å². The van der Waals surface area contributed by atoms with E-state index in [0.717, 1.165) is 13.0 Å². The van der Waals surface area contributed by atoms with Crippen LogP contribution in [0, 0.1) is 5.41 Å². The molecular formula is C10H16N2S. The van der Waals surface area contributed by atoms with Crippen LogP contribution in [0.2, 0.25) is 0 Å². The molecule has 0 amide bonds. The number of aromatic nitrogens is 1. The lowest BCUT2D eigenvalue weighted by atomic mass is 9.76. The van der Waals surface area contributed by atoms with E-state index in [9.17, 15) is 0 Å². The molecule has 1 saturated heterocycles. The third-order valence-corrected chi connectivity index (χ3v) is 3.72. The fourth-order valence-electron chi connectivity index (χ4n) is 1.74. The number of nitrogens with zero attached hydrogens (tertiary/aromatic N) is 1. The molecule has 3 heteroatoms. The first-order valence-electron chi connectivity index (χ1n) is 4.81. The van der Waals surface area contributed by atoms with Crippen LogP contribution in [0.5, 0.6) is 0 Å². The van der Waals surface area contributed by atoms with Gasteiger partial charge in [0.05, 0.1) is 16.7 Å². The second-order valence-electron chi connectivity index (χ2n) is 4.32. The van der Waals surface area contributed by atoms with Crippen LogP contribution in [0.4, 0.5) is 0 Å². The summed E-state index contributed by atoms with van der Waals surface area (Å²) in [6, 6.07) is 0.476. The van der Waals surface area contributed by atoms with Gasteiger partial charge in [0.1, 0.15) is 0 Å². The van der Waals surface area contributed by atoms with Gasteiger partial charge in [-0.05, 0) is 11.8 Å². The topological polar surface area (TPSA) is 24.9 Å². The summed E-state index contributed by atoms with van der Waals surface area (Å²) in [5.74, 6) is 0. The van der Waals surface area contributed by atoms with Gasteiger partial charge in [0.25, 0.3) is 0 Å². The number of nitrogens with one attached hydrogen (secondary N) is 1. The molecule has 0 aliphatic carbocycles. The summed E-state index contributed by atoms with van der Waals surface area (Å²) in [5, 5.41) is 6.88. The molecule has 1 atom stereocenters. The van der Waals surface area contributed by atoms with Gasteiger partial charge >= 0.3 is 0 Å². The minimum atomic E-state index is 0.388. The monoisotopic (exact) mass is 196 g/mol. The number of aryl methyl sites for hydroxylation is 1. The van der Waals surface area contributed by atoms with Crippen molar-refractivity contribution < 1.29 is 0 Å². The van der Waals surface area contributed by atoms with Crippen LogP contribution in [0.1, 0.15) is 37.5 Å². The molecule has 13 heavy (non-hydrogen) atoms. The van der Waals surface area contributed by atoms with E-state index in [1.165, 1.54) is 10.7 Å². The first-order chi connectivity index (χ1) is 6.13. The highest BCUT2D eigenvalue weighted by atomic mass is 32.1. The zero-order chi connectivity index (χ0) is 9.47. The molecule has 0 radical (unpaired) electrons. The molecule has 1 unspecified atom stereocenters. The maximum absolute atomic E-state index is 4.60. The summed E-state index contributed by atoms with van der Waals surface area (Å²) in [4.78, 5) is 4.60. The van der Waals surface area contributed by atoms with Gasteiger partial charge in [0.2, 0.25) is 0 Å². The van der Waals surface area contributed by atoms with Gasteiger partial charge < -0.3 is 5.32 Å². The Morgan fingerprint density at radius 3 is 2.85 bits per heavy atom. The predicted octanol–water partition coefficient (Wildman–Crippen LogP) is 2.38. The van der Waals surface area contributed by atoms with Crippen LogP contribution < -0.4 is 5.32 Å². The summed E-state index contributed by atoms with van der Waals surface area (Å²) in [7, 11) is 0. The molecule has 0 aromatic carbocycles. The molecule has 0 saturated carbocycles. The first-order valence-corrected chi connectivity index (χ1v) is 5.69. The summed E-state index contributed by atoms with van der Waals surface area (Å²) in [6.07, 6.45) is 1.05. The van der Waals surface area contributed by atoms with Crippen LogP contribution in [-0.2, 0) is 6.42 Å². The summed E-state index contributed by atoms with van der Waals surface area (Å²) >= 11 is 1.78. The fourth-order valence-corrected chi connectivity index (χ4v) is 2.51. The highest BCUT2D eigenvalue weighted by Crippen LogP contribution is 2.40. The Bertz CT molecular complexity index is 304. The molecule has 2 rings (SSSR count). The van der Waals surface area contributed by atoms with Crippen molar-refractivity contribution in [3.63, 3.8) is 0 Å². The Morgan fingerprint density at radius 2 is 2.46 bits per heavy atom. The SMILES string of the molecule is CCc1nc(C2NCC2(C)C)cs1. The molecule has 0 bridgehead atoms. The van der Waals surface area contributed by atoms with Crippen molar-refractivity contribution >= 4 is 11.3 Å². The van der Waals surface area contributed by atoms with Crippen LogP contribution in [0.25, 0.3) is 0 Å². The molecule has 1 aromatic rings. The van der Waals surface area contributed by atoms with Crippen LogP contribution >= 0.6 is 11.3 Å². The first kappa shape index (κ1) is 9.16. The van der Waals surface area contributed by atoms with Crippen molar-refractivity contribution in [2.45, 2.75) is 33.2 Å². The normalized spacial score (nSPS) is 25.6. The highest BCUT2D eigenvalue weighted by molar-refractivity contribution is 7.09. The lowest BCUT2D eigenvalue weighted by molar-refractivity contribution is 0.125. The summed E-state index contributed by atoms with van der Waals surface area (Å²) in [6.45, 7) is 7.84. The highest BCUT2D eigenvalue weighted by Gasteiger charge is 2.40. The maximum atomic E-state index is 4.60. The van der Waals surface area contributed by atoms with E-state index in [-0.39, 0.29) is 0 Å². The van der Waals surface area contributed by atoms with Crippen molar-refractivity contribution in [3.8, 4) is 0 Å². The van der Waals surface area contributed by atoms with Crippen molar-refractivity contribution in [1.29, 1.82) is 0 Å². The molecule has 1 aliphatic heterocycles. The molecular weight excluding hydrogens is 180 g/mol. The molecule has 1 aromatic heterocycles. The Morgan fingerprint density at radius 1 is 1.69 bits per heavy atom. The quantitative estimate of drug-likeness (QED) is 0.785. The van der Waals surface area contributed by atoms with Gasteiger partial charge in [-0.25, -0.2) is 4.98 Å². The van der Waals surface area contributed by atoms with E-state index in [1.807, 2.05) is 0 Å². The lowest BCUT2D eigenvalue weighted by Crippen LogP contribution is -2.52. The van der Waals surface area contributed by atoms with Crippen LogP contribution in [-0.4, -0.2) is 11.5 Å². The Kier molecular flexibility index (Phi) is 2.16. The summed E-state index contributed by atoms with van der Waals surface area (Å²) < 4.78 is 0. The second kappa shape index (κ2) is 3.07. The van der Waals surface area contributed by atoms with Gasteiger partial charge in [-0.2, -0.15) is 0 Å². The zero-order valence-corrected chi connectivity index (χ0v) is 9.24. The van der Waals surface area contributed by atoms with Crippen LogP contribution in [0.3, 0.4) is 0 Å². The van der Waals surface area contributed by atoms with Gasteiger partial charge in [-0.1, -0.05) is 20.8 Å². The van der Waals surface area contributed by atoms with Crippen molar-refractivity contribution in [1.82, 2.24) is 10.3 Å². The molecule has 1 fully saturated rings. The largest absolute Gasteiger partial charge is 0.308 e. The zero-order valence-electron chi connectivity index (χ0n) is 8.42. The van der Waals surface area contributed by atoms with Gasteiger partial charge in [-0.15, -0.1) is 11.3 Å². The molecule has 1 N–H and O–H groups in total. The second-order valence-corrected chi connectivity index (χ2v) is 5.26. The average Bonchev–Trinajstić information content (AvgIpc) is 2.51. The minimum absolute atomic E-state index is 0.388. The summed E-state index contributed by atoms with van der Waals surface area (Å²) in [5.41, 5.74) is 1.62. The molecule has 2 heterocycles. The van der Waals surface area contributed by atoms with Gasteiger partial charge in [0, 0.05) is 11.9 Å². The van der Waals surface area contributed by atoms with Crippen molar-refractivity contribution in [2.24, 2.45) is 5.41 Å². The van der Waals surface area contributed by atoms with Gasteiger partial charge in [-0.3, -0.25) is 0 Å². The number of hydrogen-bond donors (Lipinski definition) is 1. The molecule has 0 spiro atoms. The van der Waals surface area contributed by atoms with Gasteiger partial charge in [0.15, 0.2) is 0 Å². The predicted molar refractivity (Wildman–Crippen MR) is 56.0 cm³/mol. The number of thiazole rings is 1. The lowest BCUT2D eigenvalue weighted by Gasteiger charge is -2.44. The third-order valence-electron chi connectivity index (χ3n) is 2.71. The molecule has 1 aliphatic rings.